The van der Waals surface area contributed by atoms with Crippen LogP contribution in [-0.2, 0) is 4.79 Å². The van der Waals surface area contributed by atoms with E-state index in [1.807, 2.05) is 35.2 Å². The number of benzene rings is 1. The summed E-state index contributed by atoms with van der Waals surface area (Å²) in [4.78, 5) is 14.7. The molecule has 0 aromatic heterocycles. The molecular weight excluding hydrogens is 300 g/mol. The molecule has 0 unspecified atom stereocenters. The molecule has 3 rings (SSSR count). The minimum Gasteiger partial charge on any atom is -0.490 e. The molecule has 1 saturated carbocycles. The molecule has 1 aromatic rings. The molecular formula is C20H30N2O2. The molecule has 4 heteroatoms. The van der Waals surface area contributed by atoms with Crippen LogP contribution < -0.4 is 10.5 Å². The minimum absolute atomic E-state index is 0.0622. The van der Waals surface area contributed by atoms with E-state index in [9.17, 15) is 4.79 Å². The molecule has 2 fully saturated rings. The molecule has 0 atom stereocenters. The van der Waals surface area contributed by atoms with E-state index in [0.717, 1.165) is 44.5 Å². The SMILES string of the molecule is NCC1(CC(=O)N2CCC(Oc3ccccc3)CC2)CCCCC1. The van der Waals surface area contributed by atoms with Gasteiger partial charge in [-0.3, -0.25) is 4.79 Å². The van der Waals surface area contributed by atoms with Crippen molar-refractivity contribution in [3.05, 3.63) is 30.3 Å². The standard InChI is InChI=1S/C20H30N2O2/c21-16-20(11-5-2-6-12-20)15-19(23)22-13-9-18(10-14-22)24-17-7-3-1-4-8-17/h1,3-4,7-8,18H,2,5-6,9-16,21H2. The molecule has 2 aliphatic rings. The normalized spacial score (nSPS) is 21.5. The van der Waals surface area contributed by atoms with Crippen LogP contribution in [0.5, 0.6) is 5.75 Å². The molecule has 1 aliphatic carbocycles. The Morgan fingerprint density at radius 2 is 1.79 bits per heavy atom. The summed E-state index contributed by atoms with van der Waals surface area (Å²) in [5, 5.41) is 0. The van der Waals surface area contributed by atoms with Crippen molar-refractivity contribution in [1.29, 1.82) is 0 Å². The van der Waals surface area contributed by atoms with E-state index >= 15 is 0 Å². The van der Waals surface area contributed by atoms with Gasteiger partial charge in [0.2, 0.25) is 5.91 Å². The van der Waals surface area contributed by atoms with Crippen molar-refractivity contribution in [3.63, 3.8) is 0 Å². The van der Waals surface area contributed by atoms with Gasteiger partial charge in [-0.15, -0.1) is 0 Å². The number of amides is 1. The highest BCUT2D eigenvalue weighted by molar-refractivity contribution is 5.77. The van der Waals surface area contributed by atoms with Gasteiger partial charge in [0, 0.05) is 32.4 Å². The van der Waals surface area contributed by atoms with Crippen LogP contribution in [0.25, 0.3) is 0 Å². The van der Waals surface area contributed by atoms with E-state index in [0.29, 0.717) is 18.9 Å². The molecule has 1 saturated heterocycles. The Morgan fingerprint density at radius 3 is 2.42 bits per heavy atom. The lowest BCUT2D eigenvalue weighted by atomic mass is 9.71. The van der Waals surface area contributed by atoms with E-state index in [4.69, 9.17) is 10.5 Å². The Hall–Kier alpha value is -1.55. The average Bonchev–Trinajstić information content (AvgIpc) is 2.64. The summed E-state index contributed by atoms with van der Waals surface area (Å²) in [5.41, 5.74) is 6.10. The molecule has 1 aliphatic heterocycles. The summed E-state index contributed by atoms with van der Waals surface area (Å²) >= 11 is 0. The van der Waals surface area contributed by atoms with Gasteiger partial charge >= 0.3 is 0 Å². The fourth-order valence-electron chi connectivity index (χ4n) is 4.10. The number of nitrogens with two attached hydrogens (primary N) is 1. The van der Waals surface area contributed by atoms with Crippen LogP contribution in [0.15, 0.2) is 30.3 Å². The molecule has 0 bridgehead atoms. The number of piperidine rings is 1. The second-order valence-electron chi connectivity index (χ2n) is 7.45. The Labute approximate surface area is 145 Å². The van der Waals surface area contributed by atoms with Crippen molar-refractivity contribution >= 4 is 5.91 Å². The summed E-state index contributed by atoms with van der Waals surface area (Å²) < 4.78 is 6.02. The van der Waals surface area contributed by atoms with Crippen LogP contribution in [0.1, 0.15) is 51.4 Å². The molecule has 1 aromatic carbocycles. The maximum atomic E-state index is 12.7. The number of hydrogen-bond acceptors (Lipinski definition) is 3. The molecule has 1 heterocycles. The maximum absolute atomic E-state index is 12.7. The fourth-order valence-corrected chi connectivity index (χ4v) is 4.10. The lowest BCUT2D eigenvalue weighted by Gasteiger charge is -2.39. The summed E-state index contributed by atoms with van der Waals surface area (Å²) in [6.45, 7) is 2.25. The van der Waals surface area contributed by atoms with E-state index in [-0.39, 0.29) is 11.5 Å². The van der Waals surface area contributed by atoms with Crippen LogP contribution in [-0.4, -0.2) is 36.5 Å². The quantitative estimate of drug-likeness (QED) is 0.901. The fraction of sp³-hybridized carbons (Fsp3) is 0.650. The van der Waals surface area contributed by atoms with Crippen LogP contribution in [0.4, 0.5) is 0 Å². The third-order valence-corrected chi connectivity index (χ3v) is 5.71. The molecule has 1 amide bonds. The van der Waals surface area contributed by atoms with Gasteiger partial charge in [-0.1, -0.05) is 37.5 Å². The predicted octanol–water partition coefficient (Wildman–Crippen LogP) is 3.36. The van der Waals surface area contributed by atoms with Crippen molar-refractivity contribution < 1.29 is 9.53 Å². The van der Waals surface area contributed by atoms with Crippen molar-refractivity contribution in [2.24, 2.45) is 11.1 Å². The minimum atomic E-state index is 0.0622. The smallest absolute Gasteiger partial charge is 0.223 e. The highest BCUT2D eigenvalue weighted by atomic mass is 16.5. The van der Waals surface area contributed by atoms with Gasteiger partial charge < -0.3 is 15.4 Å². The van der Waals surface area contributed by atoms with E-state index in [1.54, 1.807) is 0 Å². The first-order chi connectivity index (χ1) is 11.7. The molecule has 0 radical (unpaired) electrons. The number of hydrogen-bond donors (Lipinski definition) is 1. The second-order valence-corrected chi connectivity index (χ2v) is 7.45. The number of carbonyl (C=O) groups is 1. The van der Waals surface area contributed by atoms with Crippen LogP contribution in [0, 0.1) is 5.41 Å². The lowest BCUT2D eigenvalue weighted by molar-refractivity contribution is -0.136. The van der Waals surface area contributed by atoms with Gasteiger partial charge in [0.25, 0.3) is 0 Å². The average molecular weight is 330 g/mol. The van der Waals surface area contributed by atoms with Gasteiger partial charge in [-0.2, -0.15) is 0 Å². The Bertz CT molecular complexity index is 518. The topological polar surface area (TPSA) is 55.6 Å². The molecule has 24 heavy (non-hydrogen) atoms. The summed E-state index contributed by atoms with van der Waals surface area (Å²) in [7, 11) is 0. The Kier molecular flexibility index (Phi) is 5.77. The Morgan fingerprint density at radius 1 is 1.12 bits per heavy atom. The monoisotopic (exact) mass is 330 g/mol. The van der Waals surface area contributed by atoms with Gasteiger partial charge in [0.05, 0.1) is 0 Å². The van der Waals surface area contributed by atoms with Crippen molar-refractivity contribution in [3.8, 4) is 5.75 Å². The molecule has 132 valence electrons. The maximum Gasteiger partial charge on any atom is 0.223 e. The third kappa shape index (κ3) is 4.29. The summed E-state index contributed by atoms with van der Waals surface area (Å²) in [6.07, 6.45) is 8.63. The van der Waals surface area contributed by atoms with E-state index < -0.39 is 0 Å². The lowest BCUT2D eigenvalue weighted by Crippen LogP contribution is -2.45. The van der Waals surface area contributed by atoms with Gasteiger partial charge in [0.1, 0.15) is 11.9 Å². The summed E-state index contributed by atoms with van der Waals surface area (Å²) in [5.74, 6) is 1.21. The zero-order chi connectivity index (χ0) is 16.8. The predicted molar refractivity (Wildman–Crippen MR) is 95.9 cm³/mol. The first kappa shape index (κ1) is 17.3. The number of nitrogens with zero attached hydrogens (tertiary/aromatic N) is 1. The molecule has 0 spiro atoms. The third-order valence-electron chi connectivity index (χ3n) is 5.71. The van der Waals surface area contributed by atoms with E-state index in [2.05, 4.69) is 0 Å². The highest BCUT2D eigenvalue weighted by Crippen LogP contribution is 2.39. The zero-order valence-corrected chi connectivity index (χ0v) is 14.6. The zero-order valence-electron chi connectivity index (χ0n) is 14.6. The van der Waals surface area contributed by atoms with E-state index in [1.165, 1.54) is 19.3 Å². The van der Waals surface area contributed by atoms with Gasteiger partial charge in [-0.25, -0.2) is 0 Å². The van der Waals surface area contributed by atoms with Crippen molar-refractivity contribution in [2.75, 3.05) is 19.6 Å². The number of rotatable bonds is 5. The first-order valence-electron chi connectivity index (χ1n) is 9.40. The highest BCUT2D eigenvalue weighted by Gasteiger charge is 2.35. The largest absolute Gasteiger partial charge is 0.490 e. The van der Waals surface area contributed by atoms with Crippen LogP contribution >= 0.6 is 0 Å². The van der Waals surface area contributed by atoms with Crippen LogP contribution in [0.2, 0.25) is 0 Å². The second kappa shape index (κ2) is 8.02. The van der Waals surface area contributed by atoms with Gasteiger partial charge in [0.15, 0.2) is 0 Å². The van der Waals surface area contributed by atoms with Crippen molar-refractivity contribution in [2.45, 2.75) is 57.5 Å². The van der Waals surface area contributed by atoms with Gasteiger partial charge in [-0.05, 0) is 36.9 Å². The summed E-state index contributed by atoms with van der Waals surface area (Å²) in [6, 6.07) is 9.96. The number of para-hydroxylation sites is 1. The number of ether oxygens (including phenoxy) is 1. The van der Waals surface area contributed by atoms with Crippen LogP contribution in [0.3, 0.4) is 0 Å². The number of likely N-dealkylation sites (tertiary alicyclic amines) is 1. The first-order valence-corrected chi connectivity index (χ1v) is 9.40. The Balaban J connectivity index is 1.48. The molecule has 4 nitrogen and oxygen atoms in total. The van der Waals surface area contributed by atoms with Crippen molar-refractivity contribution in [1.82, 2.24) is 4.90 Å². The number of carbonyl (C=O) groups excluding carboxylic acids is 1. The molecule has 2 N–H and O–H groups in total.